The zero-order valence-corrected chi connectivity index (χ0v) is 12.9. The van der Waals surface area contributed by atoms with E-state index in [0.29, 0.717) is 26.1 Å². The van der Waals surface area contributed by atoms with E-state index in [-0.39, 0.29) is 11.9 Å². The van der Waals surface area contributed by atoms with Crippen molar-refractivity contribution in [1.82, 2.24) is 5.32 Å². The third-order valence-corrected chi connectivity index (χ3v) is 4.88. The van der Waals surface area contributed by atoms with Gasteiger partial charge in [0.15, 0.2) is 0 Å². The molecular weight excluding hydrogens is 339 g/mol. The van der Waals surface area contributed by atoms with Gasteiger partial charge in [0.2, 0.25) is 5.91 Å². The lowest BCUT2D eigenvalue weighted by Gasteiger charge is -2.16. The Kier molecular flexibility index (Phi) is 4.54. The van der Waals surface area contributed by atoms with Crippen molar-refractivity contribution in [3.63, 3.8) is 0 Å². The average Bonchev–Trinajstić information content (AvgIpc) is 2.76. The zero-order valence-electron chi connectivity index (χ0n) is 9.77. The lowest BCUT2D eigenvalue weighted by molar-refractivity contribution is -0.118. The van der Waals surface area contributed by atoms with Gasteiger partial charge in [0, 0.05) is 4.47 Å². The second-order valence-electron chi connectivity index (χ2n) is 4.41. The van der Waals surface area contributed by atoms with Gasteiger partial charge in [0.1, 0.15) is 0 Å². The van der Waals surface area contributed by atoms with E-state index in [0.717, 1.165) is 13.0 Å². The first-order valence-corrected chi connectivity index (χ1v) is 7.23. The van der Waals surface area contributed by atoms with E-state index >= 15 is 0 Å². The van der Waals surface area contributed by atoms with Crippen LogP contribution in [0.1, 0.15) is 13.3 Å². The summed E-state index contributed by atoms with van der Waals surface area (Å²) in [5.41, 5.74) is 0.538. The summed E-state index contributed by atoms with van der Waals surface area (Å²) in [6, 6.07) is 3.33. The van der Waals surface area contributed by atoms with Crippen molar-refractivity contribution >= 4 is 50.7 Å². The molecule has 18 heavy (non-hydrogen) atoms. The quantitative estimate of drug-likeness (QED) is 0.798. The van der Waals surface area contributed by atoms with Crippen LogP contribution in [-0.2, 0) is 4.79 Å². The standard InChI is InChI=1S/C12H13BrCl2N2O/c1-6-4-5-16-11(6)12(18)17-8-3-2-7(13)9(14)10(8)15/h2-3,6,11,16H,4-5H2,1H3,(H,17,18). The third kappa shape index (κ3) is 2.82. The highest BCUT2D eigenvalue weighted by Gasteiger charge is 2.29. The summed E-state index contributed by atoms with van der Waals surface area (Å²) < 4.78 is 0.708. The van der Waals surface area contributed by atoms with E-state index in [9.17, 15) is 4.79 Å². The van der Waals surface area contributed by atoms with Crippen LogP contribution in [0.15, 0.2) is 16.6 Å². The molecule has 1 amide bonds. The number of nitrogens with one attached hydrogen (secondary N) is 2. The van der Waals surface area contributed by atoms with Crippen LogP contribution in [0.5, 0.6) is 0 Å². The highest BCUT2D eigenvalue weighted by atomic mass is 79.9. The number of benzene rings is 1. The van der Waals surface area contributed by atoms with Crippen molar-refractivity contribution in [2.45, 2.75) is 19.4 Å². The molecule has 1 fully saturated rings. The van der Waals surface area contributed by atoms with Crippen LogP contribution >= 0.6 is 39.1 Å². The number of halogens is 3. The largest absolute Gasteiger partial charge is 0.323 e. The fraction of sp³-hybridized carbons (Fsp3) is 0.417. The monoisotopic (exact) mass is 350 g/mol. The predicted molar refractivity (Wildman–Crippen MR) is 78.4 cm³/mol. The summed E-state index contributed by atoms with van der Waals surface area (Å²) in [5.74, 6) is 0.259. The number of hydrogen-bond acceptors (Lipinski definition) is 2. The van der Waals surface area contributed by atoms with Crippen LogP contribution in [0, 0.1) is 5.92 Å². The Morgan fingerprint density at radius 1 is 1.44 bits per heavy atom. The maximum absolute atomic E-state index is 12.1. The molecule has 2 rings (SSSR count). The highest BCUT2D eigenvalue weighted by Crippen LogP contribution is 2.36. The average molecular weight is 352 g/mol. The SMILES string of the molecule is CC1CCNC1C(=O)Nc1ccc(Br)c(Cl)c1Cl. The first-order chi connectivity index (χ1) is 8.50. The van der Waals surface area contributed by atoms with E-state index in [4.69, 9.17) is 23.2 Å². The van der Waals surface area contributed by atoms with Gasteiger partial charge in [-0.25, -0.2) is 0 Å². The minimum atomic E-state index is -0.163. The number of rotatable bonds is 2. The lowest BCUT2D eigenvalue weighted by atomic mass is 10.0. The summed E-state index contributed by atoms with van der Waals surface area (Å²) >= 11 is 15.4. The molecule has 1 aliphatic rings. The van der Waals surface area contributed by atoms with Gasteiger partial charge in [-0.1, -0.05) is 30.1 Å². The summed E-state index contributed by atoms with van der Waals surface area (Å²) in [4.78, 5) is 12.1. The molecular formula is C12H13BrCl2N2O. The Morgan fingerprint density at radius 2 is 2.17 bits per heavy atom. The molecule has 6 heteroatoms. The second-order valence-corrected chi connectivity index (χ2v) is 6.02. The number of amides is 1. The number of anilines is 1. The van der Waals surface area contributed by atoms with Crippen molar-refractivity contribution in [2.24, 2.45) is 5.92 Å². The first-order valence-electron chi connectivity index (χ1n) is 5.68. The smallest absolute Gasteiger partial charge is 0.241 e. The molecule has 98 valence electrons. The molecule has 0 saturated carbocycles. The minimum absolute atomic E-state index is 0.0692. The third-order valence-electron chi connectivity index (χ3n) is 3.11. The summed E-state index contributed by atoms with van der Waals surface area (Å²) in [6.07, 6.45) is 1.01. The molecule has 2 unspecified atom stereocenters. The van der Waals surface area contributed by atoms with Gasteiger partial charge in [-0.15, -0.1) is 0 Å². The fourth-order valence-corrected chi connectivity index (χ4v) is 2.84. The number of hydrogen-bond donors (Lipinski definition) is 2. The molecule has 1 aromatic carbocycles. The summed E-state index contributed by atoms with van der Waals surface area (Å²) in [6.45, 7) is 2.93. The maximum atomic E-state index is 12.1. The molecule has 1 aromatic rings. The van der Waals surface area contributed by atoms with Gasteiger partial charge < -0.3 is 10.6 Å². The Hall–Kier alpha value is -0.290. The van der Waals surface area contributed by atoms with Crippen LogP contribution in [0.3, 0.4) is 0 Å². The number of carbonyl (C=O) groups excluding carboxylic acids is 1. The molecule has 1 aliphatic heterocycles. The molecule has 0 aliphatic carbocycles. The van der Waals surface area contributed by atoms with Crippen LogP contribution in [0.4, 0.5) is 5.69 Å². The maximum Gasteiger partial charge on any atom is 0.241 e. The van der Waals surface area contributed by atoms with E-state index in [1.165, 1.54) is 0 Å². The predicted octanol–water partition coefficient (Wildman–Crippen LogP) is 3.69. The van der Waals surface area contributed by atoms with Crippen molar-refractivity contribution in [2.75, 3.05) is 11.9 Å². The molecule has 3 nitrogen and oxygen atoms in total. The summed E-state index contributed by atoms with van der Waals surface area (Å²) in [7, 11) is 0. The van der Waals surface area contributed by atoms with Gasteiger partial charge in [-0.05, 0) is 46.9 Å². The molecule has 1 heterocycles. The molecule has 1 saturated heterocycles. The van der Waals surface area contributed by atoms with Crippen LogP contribution in [-0.4, -0.2) is 18.5 Å². The van der Waals surface area contributed by atoms with Crippen LogP contribution in [0.25, 0.3) is 0 Å². The van der Waals surface area contributed by atoms with Crippen LogP contribution < -0.4 is 10.6 Å². The molecule has 0 spiro atoms. The molecule has 2 N–H and O–H groups in total. The normalized spacial score (nSPS) is 23.1. The van der Waals surface area contributed by atoms with E-state index in [1.54, 1.807) is 12.1 Å². The Balaban J connectivity index is 2.14. The number of carbonyl (C=O) groups is 1. The van der Waals surface area contributed by atoms with Gasteiger partial charge in [-0.3, -0.25) is 4.79 Å². The molecule has 0 radical (unpaired) electrons. The molecule has 2 atom stereocenters. The highest BCUT2D eigenvalue weighted by molar-refractivity contribution is 9.10. The molecule has 0 bridgehead atoms. The fourth-order valence-electron chi connectivity index (χ4n) is 2.02. The van der Waals surface area contributed by atoms with Crippen LogP contribution in [0.2, 0.25) is 10.0 Å². The van der Waals surface area contributed by atoms with Gasteiger partial charge >= 0.3 is 0 Å². The van der Waals surface area contributed by atoms with Crippen molar-refractivity contribution in [3.05, 3.63) is 26.7 Å². The summed E-state index contributed by atoms with van der Waals surface area (Å²) in [5, 5.41) is 6.74. The van der Waals surface area contributed by atoms with Gasteiger partial charge in [0.25, 0.3) is 0 Å². The van der Waals surface area contributed by atoms with Gasteiger partial charge in [-0.2, -0.15) is 0 Å². The van der Waals surface area contributed by atoms with E-state index in [2.05, 4.69) is 33.5 Å². The Morgan fingerprint density at radius 3 is 2.78 bits per heavy atom. The van der Waals surface area contributed by atoms with Crippen molar-refractivity contribution in [1.29, 1.82) is 0 Å². The van der Waals surface area contributed by atoms with Crippen molar-refractivity contribution in [3.8, 4) is 0 Å². The van der Waals surface area contributed by atoms with E-state index < -0.39 is 0 Å². The second kappa shape index (κ2) is 5.78. The zero-order chi connectivity index (χ0) is 13.3. The first kappa shape index (κ1) is 14.1. The Bertz CT molecular complexity index is 481. The van der Waals surface area contributed by atoms with Gasteiger partial charge in [0.05, 0.1) is 21.8 Å². The molecule has 0 aromatic heterocycles. The topological polar surface area (TPSA) is 41.1 Å². The minimum Gasteiger partial charge on any atom is -0.323 e. The van der Waals surface area contributed by atoms with Crippen molar-refractivity contribution < 1.29 is 4.79 Å². The van der Waals surface area contributed by atoms with E-state index in [1.807, 2.05) is 0 Å². The Labute approximate surface area is 124 Å². The lowest BCUT2D eigenvalue weighted by Crippen LogP contribution is -2.39.